The van der Waals surface area contributed by atoms with Crippen LogP contribution in [0, 0.1) is 0 Å². The van der Waals surface area contributed by atoms with Crippen LogP contribution in [-0.4, -0.2) is 30.6 Å². The first-order valence-electron chi connectivity index (χ1n) is 7.12. The van der Waals surface area contributed by atoms with E-state index in [2.05, 4.69) is 75.3 Å². The van der Waals surface area contributed by atoms with Crippen molar-refractivity contribution in [2.75, 3.05) is 13.6 Å². The molecule has 0 bridgehead atoms. The molecule has 0 aliphatic rings. The molecule has 102 valence electrons. The third-order valence-corrected chi connectivity index (χ3v) is 3.99. The van der Waals surface area contributed by atoms with Crippen LogP contribution in [0.1, 0.15) is 45.7 Å². The molecule has 0 aliphatic heterocycles. The van der Waals surface area contributed by atoms with Gasteiger partial charge in [0, 0.05) is 18.1 Å². The van der Waals surface area contributed by atoms with Gasteiger partial charge < -0.3 is 5.32 Å². The van der Waals surface area contributed by atoms with E-state index in [1.807, 2.05) is 0 Å². The van der Waals surface area contributed by atoms with Gasteiger partial charge in [0.25, 0.3) is 0 Å². The Morgan fingerprint density at radius 1 is 1.11 bits per heavy atom. The zero-order chi connectivity index (χ0) is 13.5. The molecule has 18 heavy (non-hydrogen) atoms. The van der Waals surface area contributed by atoms with Gasteiger partial charge in [-0.25, -0.2) is 0 Å². The molecule has 1 N–H and O–H groups in total. The van der Waals surface area contributed by atoms with Crippen LogP contribution in [0.3, 0.4) is 0 Å². The van der Waals surface area contributed by atoms with Crippen LogP contribution >= 0.6 is 0 Å². The summed E-state index contributed by atoms with van der Waals surface area (Å²) < 4.78 is 0. The molecule has 3 atom stereocenters. The fourth-order valence-electron chi connectivity index (χ4n) is 2.37. The summed E-state index contributed by atoms with van der Waals surface area (Å²) >= 11 is 0. The Kier molecular flexibility index (Phi) is 6.37. The molecule has 2 nitrogen and oxygen atoms in total. The minimum atomic E-state index is 0.398. The van der Waals surface area contributed by atoms with Gasteiger partial charge in [-0.3, -0.25) is 4.90 Å². The smallest absolute Gasteiger partial charge is 0.0475 e. The molecular weight excluding hydrogens is 220 g/mol. The lowest BCUT2D eigenvalue weighted by atomic mass is 9.98. The predicted octanol–water partition coefficient (Wildman–Crippen LogP) is 3.46. The van der Waals surface area contributed by atoms with E-state index >= 15 is 0 Å². The van der Waals surface area contributed by atoms with Gasteiger partial charge in [-0.05, 0) is 39.4 Å². The van der Waals surface area contributed by atoms with E-state index in [1.54, 1.807) is 0 Å². The number of hydrogen-bond acceptors (Lipinski definition) is 2. The Hall–Kier alpha value is -0.860. The normalized spacial score (nSPS) is 16.6. The lowest BCUT2D eigenvalue weighted by molar-refractivity contribution is 0.156. The van der Waals surface area contributed by atoms with Crippen molar-refractivity contribution in [3.8, 4) is 0 Å². The second-order valence-corrected chi connectivity index (χ2v) is 5.11. The van der Waals surface area contributed by atoms with Crippen molar-refractivity contribution in [2.45, 2.75) is 52.2 Å². The molecule has 0 amide bonds. The first kappa shape index (κ1) is 15.2. The number of hydrogen-bond donors (Lipinski definition) is 1. The standard InChI is InChI=1S/C16H28N2/c1-6-13(3)18(5)14(4)16(17-7-2)15-11-9-8-10-12-15/h8-14,16-17H,6-7H2,1-5H3. The molecule has 2 heteroatoms. The molecule has 0 heterocycles. The molecule has 0 aromatic heterocycles. The van der Waals surface area contributed by atoms with Gasteiger partial charge in [-0.1, -0.05) is 44.2 Å². The summed E-state index contributed by atoms with van der Waals surface area (Å²) in [6.07, 6.45) is 1.19. The van der Waals surface area contributed by atoms with Crippen molar-refractivity contribution >= 4 is 0 Å². The molecule has 1 aromatic carbocycles. The molecule has 1 rings (SSSR count). The van der Waals surface area contributed by atoms with Gasteiger partial charge in [0.15, 0.2) is 0 Å². The Morgan fingerprint density at radius 2 is 1.72 bits per heavy atom. The van der Waals surface area contributed by atoms with Crippen molar-refractivity contribution < 1.29 is 0 Å². The third kappa shape index (κ3) is 3.82. The molecule has 1 aromatic rings. The minimum Gasteiger partial charge on any atom is -0.309 e. The van der Waals surface area contributed by atoms with Crippen molar-refractivity contribution in [3.05, 3.63) is 35.9 Å². The zero-order valence-corrected chi connectivity index (χ0v) is 12.5. The number of rotatable bonds is 7. The van der Waals surface area contributed by atoms with Crippen LogP contribution in [-0.2, 0) is 0 Å². The molecular formula is C16H28N2. The van der Waals surface area contributed by atoms with Crippen LogP contribution in [0.5, 0.6) is 0 Å². The summed E-state index contributed by atoms with van der Waals surface area (Å²) in [6.45, 7) is 10.0. The van der Waals surface area contributed by atoms with E-state index in [0.29, 0.717) is 18.1 Å². The lowest BCUT2D eigenvalue weighted by Gasteiger charge is -2.36. The molecule has 0 saturated carbocycles. The Labute approximate surface area is 112 Å². The zero-order valence-electron chi connectivity index (χ0n) is 12.5. The van der Waals surface area contributed by atoms with Crippen molar-refractivity contribution in [2.24, 2.45) is 0 Å². The second-order valence-electron chi connectivity index (χ2n) is 5.11. The first-order valence-corrected chi connectivity index (χ1v) is 7.12. The fraction of sp³-hybridized carbons (Fsp3) is 0.625. The minimum absolute atomic E-state index is 0.398. The van der Waals surface area contributed by atoms with Crippen LogP contribution in [0.15, 0.2) is 30.3 Å². The van der Waals surface area contributed by atoms with Gasteiger partial charge in [-0.15, -0.1) is 0 Å². The number of nitrogens with zero attached hydrogens (tertiary/aromatic N) is 1. The Balaban J connectivity index is 2.85. The quantitative estimate of drug-likeness (QED) is 0.795. The maximum atomic E-state index is 3.62. The van der Waals surface area contributed by atoms with E-state index in [1.165, 1.54) is 12.0 Å². The summed E-state index contributed by atoms with van der Waals surface area (Å²) in [5.74, 6) is 0. The lowest BCUT2D eigenvalue weighted by Crippen LogP contribution is -2.44. The van der Waals surface area contributed by atoms with E-state index < -0.39 is 0 Å². The topological polar surface area (TPSA) is 15.3 Å². The number of benzene rings is 1. The molecule has 0 spiro atoms. The molecule has 0 radical (unpaired) electrons. The highest BCUT2D eigenvalue weighted by atomic mass is 15.2. The summed E-state index contributed by atoms with van der Waals surface area (Å²) in [7, 11) is 2.23. The van der Waals surface area contributed by atoms with Gasteiger partial charge in [0.1, 0.15) is 0 Å². The summed E-state index contributed by atoms with van der Waals surface area (Å²) in [5.41, 5.74) is 1.38. The van der Waals surface area contributed by atoms with E-state index in [9.17, 15) is 0 Å². The summed E-state index contributed by atoms with van der Waals surface area (Å²) in [5, 5.41) is 3.62. The van der Waals surface area contributed by atoms with Crippen molar-refractivity contribution in [1.29, 1.82) is 0 Å². The third-order valence-electron chi connectivity index (χ3n) is 3.99. The van der Waals surface area contributed by atoms with Gasteiger partial charge in [0.05, 0.1) is 0 Å². The average molecular weight is 248 g/mol. The van der Waals surface area contributed by atoms with Crippen molar-refractivity contribution in [3.63, 3.8) is 0 Å². The van der Waals surface area contributed by atoms with Gasteiger partial charge in [0.2, 0.25) is 0 Å². The number of likely N-dealkylation sites (N-methyl/N-ethyl adjacent to an activating group) is 2. The Morgan fingerprint density at radius 3 is 2.22 bits per heavy atom. The SMILES string of the molecule is CCNC(c1ccccc1)C(C)N(C)C(C)CC. The molecule has 0 aliphatic carbocycles. The Bertz CT molecular complexity index is 323. The van der Waals surface area contributed by atoms with Gasteiger partial charge >= 0.3 is 0 Å². The van der Waals surface area contributed by atoms with Crippen LogP contribution < -0.4 is 5.32 Å². The van der Waals surface area contributed by atoms with E-state index in [4.69, 9.17) is 0 Å². The number of nitrogens with one attached hydrogen (secondary N) is 1. The largest absolute Gasteiger partial charge is 0.309 e. The van der Waals surface area contributed by atoms with Crippen LogP contribution in [0.25, 0.3) is 0 Å². The van der Waals surface area contributed by atoms with Crippen LogP contribution in [0.2, 0.25) is 0 Å². The second kappa shape index (κ2) is 7.55. The summed E-state index contributed by atoms with van der Waals surface area (Å²) in [6, 6.07) is 12.3. The molecule has 0 saturated heterocycles. The molecule has 0 fully saturated rings. The van der Waals surface area contributed by atoms with E-state index in [-0.39, 0.29) is 0 Å². The maximum Gasteiger partial charge on any atom is 0.0475 e. The molecule has 3 unspecified atom stereocenters. The first-order chi connectivity index (χ1) is 8.61. The highest BCUT2D eigenvalue weighted by Crippen LogP contribution is 2.22. The fourth-order valence-corrected chi connectivity index (χ4v) is 2.37. The maximum absolute atomic E-state index is 3.62. The predicted molar refractivity (Wildman–Crippen MR) is 79.8 cm³/mol. The van der Waals surface area contributed by atoms with Crippen molar-refractivity contribution in [1.82, 2.24) is 10.2 Å². The van der Waals surface area contributed by atoms with Gasteiger partial charge in [-0.2, -0.15) is 0 Å². The summed E-state index contributed by atoms with van der Waals surface area (Å²) in [4.78, 5) is 2.47. The average Bonchev–Trinajstić information content (AvgIpc) is 2.43. The highest BCUT2D eigenvalue weighted by molar-refractivity contribution is 5.20. The van der Waals surface area contributed by atoms with Crippen LogP contribution in [0.4, 0.5) is 0 Å². The highest BCUT2D eigenvalue weighted by Gasteiger charge is 2.24. The van der Waals surface area contributed by atoms with E-state index in [0.717, 1.165) is 6.54 Å². The monoisotopic (exact) mass is 248 g/mol.